The van der Waals surface area contributed by atoms with Crippen LogP contribution in [0.15, 0.2) is 41.2 Å². The maximum Gasteiger partial charge on any atom is 0.329 e. The fraction of sp³-hybridized carbons (Fsp3) is 0.300. The Morgan fingerprint density at radius 3 is 2.35 bits per heavy atom. The van der Waals surface area contributed by atoms with Gasteiger partial charge >= 0.3 is 11.7 Å². The van der Waals surface area contributed by atoms with E-state index in [0.29, 0.717) is 18.8 Å². The summed E-state index contributed by atoms with van der Waals surface area (Å²) in [5.74, 6) is 0. The lowest BCUT2D eigenvalue weighted by atomic mass is 10.1. The number of urea groups is 1. The van der Waals surface area contributed by atoms with Crippen molar-refractivity contribution in [1.29, 1.82) is 0 Å². The molecular weight excluding hydrogens is 328 g/mol. The Morgan fingerprint density at radius 2 is 1.65 bits per heavy atom. The summed E-state index contributed by atoms with van der Waals surface area (Å²) in [5, 5.41) is 5.73. The normalized spacial score (nSPS) is 10.9. The van der Waals surface area contributed by atoms with Gasteiger partial charge in [0.2, 0.25) is 0 Å². The first kappa shape index (κ1) is 17.8. The Kier molecular flexibility index (Phi) is 4.84. The molecule has 0 atom stereocenters. The monoisotopic (exact) mass is 352 g/mol. The summed E-state index contributed by atoms with van der Waals surface area (Å²) >= 11 is 0. The fourth-order valence-corrected chi connectivity index (χ4v) is 3.18. The topological polar surface area (TPSA) is 68.1 Å². The number of hydrogen-bond donors (Lipinski definition) is 2. The number of hydrogen-bond acceptors (Lipinski definition) is 2. The minimum absolute atomic E-state index is 0.0259. The summed E-state index contributed by atoms with van der Waals surface area (Å²) in [4.78, 5) is 24.8. The highest BCUT2D eigenvalue weighted by Gasteiger charge is 2.12. The summed E-state index contributed by atoms with van der Waals surface area (Å²) in [7, 11) is 0. The van der Waals surface area contributed by atoms with E-state index in [9.17, 15) is 9.59 Å². The smallest absolute Gasteiger partial charge is 0.308 e. The standard InChI is InChI=1S/C20H24N4O2/c1-5-23-17-11-10-15(12-18(17)24(6-2)20(23)26)21-19(25)22-16-9-7-8-13(3)14(16)4/h7-12H,5-6H2,1-4H3,(H2,21,22,25). The van der Waals surface area contributed by atoms with Crippen molar-refractivity contribution >= 4 is 28.4 Å². The number of carbonyl (C=O) groups is 1. The third kappa shape index (κ3) is 3.10. The molecule has 3 aromatic rings. The first-order chi connectivity index (χ1) is 12.5. The van der Waals surface area contributed by atoms with Crippen LogP contribution in [0.1, 0.15) is 25.0 Å². The van der Waals surface area contributed by atoms with E-state index in [1.54, 1.807) is 9.13 Å². The van der Waals surface area contributed by atoms with Crippen LogP contribution < -0.4 is 16.3 Å². The second-order valence-electron chi connectivity index (χ2n) is 6.30. The third-order valence-corrected chi connectivity index (χ3v) is 4.76. The van der Waals surface area contributed by atoms with Crippen LogP contribution in [0.2, 0.25) is 0 Å². The first-order valence-electron chi connectivity index (χ1n) is 8.83. The van der Waals surface area contributed by atoms with Crippen LogP contribution in [0, 0.1) is 13.8 Å². The predicted molar refractivity (Wildman–Crippen MR) is 106 cm³/mol. The summed E-state index contributed by atoms with van der Waals surface area (Å²) in [5.41, 5.74) is 5.27. The second-order valence-corrected chi connectivity index (χ2v) is 6.30. The molecule has 6 nitrogen and oxygen atoms in total. The lowest BCUT2D eigenvalue weighted by Crippen LogP contribution is -2.23. The summed E-state index contributed by atoms with van der Waals surface area (Å²) in [6.45, 7) is 9.07. The van der Waals surface area contributed by atoms with Crippen molar-refractivity contribution in [3.05, 3.63) is 58.0 Å². The van der Waals surface area contributed by atoms with Gasteiger partial charge in [0.15, 0.2) is 0 Å². The van der Waals surface area contributed by atoms with Gasteiger partial charge in [0.25, 0.3) is 0 Å². The number of amides is 2. The van der Waals surface area contributed by atoms with Crippen LogP contribution in [-0.2, 0) is 13.1 Å². The third-order valence-electron chi connectivity index (χ3n) is 4.76. The summed E-state index contributed by atoms with van der Waals surface area (Å²) < 4.78 is 3.45. The van der Waals surface area contributed by atoms with Gasteiger partial charge in [0.05, 0.1) is 11.0 Å². The van der Waals surface area contributed by atoms with Crippen molar-refractivity contribution in [2.45, 2.75) is 40.8 Å². The number of aryl methyl sites for hydroxylation is 3. The van der Waals surface area contributed by atoms with Gasteiger partial charge in [-0.1, -0.05) is 12.1 Å². The minimum atomic E-state index is -0.307. The number of fused-ring (bicyclic) bond motifs is 1. The number of rotatable bonds is 4. The van der Waals surface area contributed by atoms with Crippen LogP contribution in [0.4, 0.5) is 16.2 Å². The Morgan fingerprint density at radius 1 is 0.962 bits per heavy atom. The average molecular weight is 352 g/mol. The van der Waals surface area contributed by atoms with Gasteiger partial charge in [0, 0.05) is 24.5 Å². The maximum atomic E-state index is 12.4. The Labute approximate surface area is 152 Å². The average Bonchev–Trinajstić information content (AvgIpc) is 2.88. The lowest BCUT2D eigenvalue weighted by molar-refractivity contribution is 0.262. The van der Waals surface area contributed by atoms with E-state index in [-0.39, 0.29) is 11.7 Å². The van der Waals surface area contributed by atoms with Crippen molar-refractivity contribution in [2.75, 3.05) is 10.6 Å². The number of nitrogens with zero attached hydrogens (tertiary/aromatic N) is 2. The highest BCUT2D eigenvalue weighted by Crippen LogP contribution is 2.21. The predicted octanol–water partition coefficient (Wildman–Crippen LogP) is 4.10. The van der Waals surface area contributed by atoms with Crippen molar-refractivity contribution in [3.8, 4) is 0 Å². The number of anilines is 2. The second kappa shape index (κ2) is 7.07. The zero-order chi connectivity index (χ0) is 18.8. The van der Waals surface area contributed by atoms with Crippen molar-refractivity contribution in [1.82, 2.24) is 9.13 Å². The van der Waals surface area contributed by atoms with E-state index in [1.165, 1.54) is 0 Å². The van der Waals surface area contributed by atoms with Gasteiger partial charge in [-0.25, -0.2) is 9.59 Å². The first-order valence-corrected chi connectivity index (χ1v) is 8.83. The van der Waals surface area contributed by atoms with E-state index < -0.39 is 0 Å². The van der Waals surface area contributed by atoms with Crippen LogP contribution in [0.5, 0.6) is 0 Å². The molecule has 0 saturated carbocycles. The molecule has 3 rings (SSSR count). The van der Waals surface area contributed by atoms with Gasteiger partial charge < -0.3 is 10.6 Å². The molecule has 0 aliphatic heterocycles. The molecule has 0 aliphatic rings. The van der Waals surface area contributed by atoms with Crippen LogP contribution >= 0.6 is 0 Å². The molecule has 2 aromatic carbocycles. The molecular formula is C20H24N4O2. The Balaban J connectivity index is 1.88. The van der Waals surface area contributed by atoms with Gasteiger partial charge in [-0.2, -0.15) is 0 Å². The molecule has 0 spiro atoms. The van der Waals surface area contributed by atoms with E-state index in [4.69, 9.17) is 0 Å². The highest BCUT2D eigenvalue weighted by molar-refractivity contribution is 6.01. The molecule has 1 heterocycles. The van der Waals surface area contributed by atoms with Gasteiger partial charge in [-0.15, -0.1) is 0 Å². The summed E-state index contributed by atoms with van der Waals surface area (Å²) in [6, 6.07) is 11.0. The van der Waals surface area contributed by atoms with Gasteiger partial charge in [-0.3, -0.25) is 9.13 Å². The quantitative estimate of drug-likeness (QED) is 0.742. The van der Waals surface area contributed by atoms with Crippen molar-refractivity contribution in [2.24, 2.45) is 0 Å². The number of nitrogens with one attached hydrogen (secondary N) is 2. The molecule has 0 aliphatic carbocycles. The fourth-order valence-electron chi connectivity index (χ4n) is 3.18. The Bertz CT molecular complexity index is 1030. The SMILES string of the molecule is CCn1c(=O)n(CC)c2cc(NC(=O)Nc3cccc(C)c3C)ccc21. The van der Waals surface area contributed by atoms with E-state index >= 15 is 0 Å². The number of imidazole rings is 1. The van der Waals surface area contributed by atoms with E-state index in [0.717, 1.165) is 27.8 Å². The number of benzene rings is 2. The number of aromatic nitrogens is 2. The summed E-state index contributed by atoms with van der Waals surface area (Å²) in [6.07, 6.45) is 0. The van der Waals surface area contributed by atoms with E-state index in [2.05, 4.69) is 10.6 Å². The van der Waals surface area contributed by atoms with Crippen LogP contribution in [0.25, 0.3) is 11.0 Å². The molecule has 6 heteroatoms. The molecule has 0 saturated heterocycles. The molecule has 2 amide bonds. The van der Waals surface area contributed by atoms with Crippen LogP contribution in [-0.4, -0.2) is 15.2 Å². The zero-order valence-electron chi connectivity index (χ0n) is 15.6. The minimum Gasteiger partial charge on any atom is -0.308 e. The Hall–Kier alpha value is -3.02. The lowest BCUT2D eigenvalue weighted by Gasteiger charge is -2.12. The molecule has 0 fully saturated rings. The van der Waals surface area contributed by atoms with Crippen LogP contribution in [0.3, 0.4) is 0 Å². The molecule has 0 unspecified atom stereocenters. The maximum absolute atomic E-state index is 12.4. The van der Waals surface area contributed by atoms with Crippen molar-refractivity contribution < 1.29 is 4.79 Å². The molecule has 136 valence electrons. The van der Waals surface area contributed by atoms with E-state index in [1.807, 2.05) is 64.1 Å². The largest absolute Gasteiger partial charge is 0.329 e. The van der Waals surface area contributed by atoms with Crippen molar-refractivity contribution in [3.63, 3.8) is 0 Å². The molecule has 0 bridgehead atoms. The molecule has 26 heavy (non-hydrogen) atoms. The highest BCUT2D eigenvalue weighted by atomic mass is 16.2. The number of carbonyl (C=O) groups excluding carboxylic acids is 1. The van der Waals surface area contributed by atoms with Gasteiger partial charge in [0.1, 0.15) is 0 Å². The molecule has 0 radical (unpaired) electrons. The molecule has 2 N–H and O–H groups in total. The molecule has 1 aromatic heterocycles. The van der Waals surface area contributed by atoms with Gasteiger partial charge in [-0.05, 0) is 63.1 Å². The zero-order valence-corrected chi connectivity index (χ0v) is 15.6.